The number of hydrogen-bond donors (Lipinski definition) is 2. The maximum absolute atomic E-state index is 5.47. The minimum Gasteiger partial charge on any atom is -0.330 e. The zero-order chi connectivity index (χ0) is 8.69. The Hall–Kier alpha value is -0.0800. The molecule has 68 valence electrons. The molecule has 1 unspecified atom stereocenters. The van der Waals surface area contributed by atoms with Gasteiger partial charge in [0, 0.05) is 0 Å². The quantitative estimate of drug-likeness (QED) is 0.570. The maximum Gasteiger partial charge on any atom is -0.00111 e. The molecule has 0 aliphatic heterocycles. The monoisotopic (exact) mass is 158 g/mol. The van der Waals surface area contributed by atoms with Gasteiger partial charge < -0.3 is 11.1 Å². The van der Waals surface area contributed by atoms with Crippen molar-refractivity contribution in [2.24, 2.45) is 17.6 Å². The molecular weight excluding hydrogens is 136 g/mol. The summed E-state index contributed by atoms with van der Waals surface area (Å²) in [4.78, 5) is 0. The molecular formula is C9H22N2. The molecule has 0 saturated carbocycles. The van der Waals surface area contributed by atoms with E-state index in [0.29, 0.717) is 5.92 Å². The summed E-state index contributed by atoms with van der Waals surface area (Å²) in [5.74, 6) is 1.41. The molecule has 0 aromatic carbocycles. The molecule has 0 spiro atoms. The Kier molecular flexibility index (Phi) is 6.57. The molecule has 0 aromatic rings. The molecule has 11 heavy (non-hydrogen) atoms. The van der Waals surface area contributed by atoms with E-state index in [0.717, 1.165) is 25.6 Å². The summed E-state index contributed by atoms with van der Waals surface area (Å²) in [5, 5.41) is 3.39. The van der Waals surface area contributed by atoms with Crippen molar-refractivity contribution in [2.45, 2.75) is 27.2 Å². The largest absolute Gasteiger partial charge is 0.330 e. The van der Waals surface area contributed by atoms with Gasteiger partial charge in [-0.25, -0.2) is 0 Å². The van der Waals surface area contributed by atoms with Gasteiger partial charge in [-0.1, -0.05) is 20.8 Å². The van der Waals surface area contributed by atoms with Crippen LogP contribution in [-0.4, -0.2) is 19.6 Å². The highest BCUT2D eigenvalue weighted by atomic mass is 14.9. The SMILES string of the molecule is CC(C)CCNCC(C)CN. The van der Waals surface area contributed by atoms with E-state index >= 15 is 0 Å². The van der Waals surface area contributed by atoms with E-state index in [2.05, 4.69) is 26.1 Å². The fraction of sp³-hybridized carbons (Fsp3) is 1.00. The van der Waals surface area contributed by atoms with Crippen LogP contribution in [0.4, 0.5) is 0 Å². The normalized spacial score (nSPS) is 13.9. The van der Waals surface area contributed by atoms with Crippen molar-refractivity contribution in [3.8, 4) is 0 Å². The summed E-state index contributed by atoms with van der Waals surface area (Å²) in [6, 6.07) is 0. The first kappa shape index (κ1) is 10.9. The average Bonchev–Trinajstić information content (AvgIpc) is 1.97. The second-order valence-electron chi connectivity index (χ2n) is 3.73. The van der Waals surface area contributed by atoms with Crippen LogP contribution in [0.25, 0.3) is 0 Å². The molecule has 0 radical (unpaired) electrons. The third-order valence-electron chi connectivity index (χ3n) is 1.79. The van der Waals surface area contributed by atoms with Crippen molar-refractivity contribution >= 4 is 0 Å². The van der Waals surface area contributed by atoms with Crippen LogP contribution in [0.3, 0.4) is 0 Å². The number of hydrogen-bond acceptors (Lipinski definition) is 2. The lowest BCUT2D eigenvalue weighted by Crippen LogP contribution is -2.27. The van der Waals surface area contributed by atoms with Crippen LogP contribution in [0.2, 0.25) is 0 Å². The van der Waals surface area contributed by atoms with Gasteiger partial charge in [-0.05, 0) is 37.9 Å². The molecule has 0 bridgehead atoms. The summed E-state index contributed by atoms with van der Waals surface area (Å²) in [7, 11) is 0. The Labute approximate surface area is 70.5 Å². The van der Waals surface area contributed by atoms with Crippen LogP contribution >= 0.6 is 0 Å². The van der Waals surface area contributed by atoms with Crippen molar-refractivity contribution in [1.82, 2.24) is 5.32 Å². The Bertz CT molecular complexity index is 81.6. The molecule has 0 saturated heterocycles. The van der Waals surface area contributed by atoms with E-state index in [4.69, 9.17) is 5.73 Å². The summed E-state index contributed by atoms with van der Waals surface area (Å²) >= 11 is 0. The topological polar surface area (TPSA) is 38.0 Å². The van der Waals surface area contributed by atoms with Gasteiger partial charge in [0.1, 0.15) is 0 Å². The molecule has 0 aliphatic carbocycles. The van der Waals surface area contributed by atoms with E-state index in [-0.39, 0.29) is 0 Å². The molecule has 3 N–H and O–H groups in total. The van der Waals surface area contributed by atoms with Crippen molar-refractivity contribution in [3.63, 3.8) is 0 Å². The van der Waals surface area contributed by atoms with Gasteiger partial charge in [0.05, 0.1) is 0 Å². The molecule has 0 aliphatic rings. The third kappa shape index (κ3) is 7.82. The van der Waals surface area contributed by atoms with Crippen LogP contribution in [0, 0.1) is 11.8 Å². The Morgan fingerprint density at radius 1 is 1.27 bits per heavy atom. The zero-order valence-electron chi connectivity index (χ0n) is 8.06. The van der Waals surface area contributed by atoms with Crippen molar-refractivity contribution in [1.29, 1.82) is 0 Å². The Balaban J connectivity index is 3.01. The highest BCUT2D eigenvalue weighted by molar-refractivity contribution is 4.57. The molecule has 0 aromatic heterocycles. The number of rotatable bonds is 6. The van der Waals surface area contributed by atoms with Gasteiger partial charge in [-0.3, -0.25) is 0 Å². The number of nitrogens with two attached hydrogens (primary N) is 1. The standard InChI is InChI=1S/C9H22N2/c1-8(2)4-5-11-7-9(3)6-10/h8-9,11H,4-7,10H2,1-3H3. The highest BCUT2D eigenvalue weighted by Gasteiger charge is 1.97. The maximum atomic E-state index is 5.47. The summed E-state index contributed by atoms with van der Waals surface area (Å²) < 4.78 is 0. The van der Waals surface area contributed by atoms with Crippen LogP contribution in [0.1, 0.15) is 27.2 Å². The van der Waals surface area contributed by atoms with Crippen molar-refractivity contribution in [2.75, 3.05) is 19.6 Å². The number of nitrogens with one attached hydrogen (secondary N) is 1. The molecule has 2 heteroatoms. The second kappa shape index (κ2) is 6.62. The predicted octanol–water partition coefficient (Wildman–Crippen LogP) is 1.22. The summed E-state index contributed by atoms with van der Waals surface area (Å²) in [6.45, 7) is 9.63. The first-order valence-electron chi connectivity index (χ1n) is 4.57. The van der Waals surface area contributed by atoms with E-state index in [9.17, 15) is 0 Å². The molecule has 0 fully saturated rings. The van der Waals surface area contributed by atoms with E-state index in [1.165, 1.54) is 6.42 Å². The summed E-state index contributed by atoms with van der Waals surface area (Å²) in [6.07, 6.45) is 1.26. The van der Waals surface area contributed by atoms with Crippen LogP contribution in [0.5, 0.6) is 0 Å². The van der Waals surface area contributed by atoms with E-state index in [1.54, 1.807) is 0 Å². The molecule has 2 nitrogen and oxygen atoms in total. The molecule has 0 amide bonds. The van der Waals surface area contributed by atoms with Crippen LogP contribution in [0.15, 0.2) is 0 Å². The smallest absolute Gasteiger partial charge is 0.00111 e. The van der Waals surface area contributed by atoms with Gasteiger partial charge in [0.2, 0.25) is 0 Å². The zero-order valence-corrected chi connectivity index (χ0v) is 8.06. The molecule has 1 atom stereocenters. The highest BCUT2D eigenvalue weighted by Crippen LogP contribution is 1.96. The predicted molar refractivity (Wildman–Crippen MR) is 50.5 cm³/mol. The van der Waals surface area contributed by atoms with Gasteiger partial charge >= 0.3 is 0 Å². The minimum atomic E-state index is 0.613. The Morgan fingerprint density at radius 3 is 2.36 bits per heavy atom. The average molecular weight is 158 g/mol. The fourth-order valence-corrected chi connectivity index (χ4v) is 0.823. The summed E-state index contributed by atoms with van der Waals surface area (Å²) in [5.41, 5.74) is 5.47. The van der Waals surface area contributed by atoms with Crippen LogP contribution in [-0.2, 0) is 0 Å². The van der Waals surface area contributed by atoms with Crippen molar-refractivity contribution in [3.05, 3.63) is 0 Å². The van der Waals surface area contributed by atoms with Crippen molar-refractivity contribution < 1.29 is 0 Å². The first-order chi connectivity index (χ1) is 5.16. The fourth-order valence-electron chi connectivity index (χ4n) is 0.823. The van der Waals surface area contributed by atoms with Gasteiger partial charge in [0.25, 0.3) is 0 Å². The van der Waals surface area contributed by atoms with E-state index in [1.807, 2.05) is 0 Å². The molecule has 0 rings (SSSR count). The Morgan fingerprint density at radius 2 is 1.91 bits per heavy atom. The lowest BCUT2D eigenvalue weighted by atomic mass is 10.1. The first-order valence-corrected chi connectivity index (χ1v) is 4.57. The van der Waals surface area contributed by atoms with Gasteiger partial charge in [-0.15, -0.1) is 0 Å². The third-order valence-corrected chi connectivity index (χ3v) is 1.79. The second-order valence-corrected chi connectivity index (χ2v) is 3.73. The molecule has 0 heterocycles. The van der Waals surface area contributed by atoms with Gasteiger partial charge in [0.15, 0.2) is 0 Å². The van der Waals surface area contributed by atoms with Gasteiger partial charge in [-0.2, -0.15) is 0 Å². The lowest BCUT2D eigenvalue weighted by Gasteiger charge is -2.10. The lowest BCUT2D eigenvalue weighted by molar-refractivity contribution is 0.483. The van der Waals surface area contributed by atoms with Crippen LogP contribution < -0.4 is 11.1 Å². The minimum absolute atomic E-state index is 0.613. The van der Waals surface area contributed by atoms with E-state index < -0.39 is 0 Å².